The van der Waals surface area contributed by atoms with E-state index >= 15 is 0 Å². The van der Waals surface area contributed by atoms with Crippen LogP contribution in [0.5, 0.6) is 0 Å². The SMILES string of the molecule is CC(=O)N1Cc2cccnc2C(C(=O)NCCC(=O)NC(C)C)C1. The number of nitrogens with one attached hydrogen (secondary N) is 2. The average Bonchev–Trinajstić information content (AvgIpc) is 2.52. The molecule has 0 saturated carbocycles. The maximum absolute atomic E-state index is 12.5. The highest BCUT2D eigenvalue weighted by Crippen LogP contribution is 2.26. The van der Waals surface area contributed by atoms with Crippen LogP contribution in [0.2, 0.25) is 0 Å². The summed E-state index contributed by atoms with van der Waals surface area (Å²) in [5.74, 6) is -0.887. The van der Waals surface area contributed by atoms with Crippen LogP contribution in [-0.4, -0.2) is 46.7 Å². The van der Waals surface area contributed by atoms with E-state index in [-0.39, 0.29) is 36.7 Å². The van der Waals surface area contributed by atoms with Crippen LogP contribution in [0.25, 0.3) is 0 Å². The molecule has 2 N–H and O–H groups in total. The molecule has 24 heavy (non-hydrogen) atoms. The van der Waals surface area contributed by atoms with E-state index in [1.165, 1.54) is 6.92 Å². The zero-order valence-electron chi connectivity index (χ0n) is 14.3. The van der Waals surface area contributed by atoms with Crippen molar-refractivity contribution in [1.29, 1.82) is 0 Å². The summed E-state index contributed by atoms with van der Waals surface area (Å²) in [4.78, 5) is 41.8. The van der Waals surface area contributed by atoms with Gasteiger partial charge in [0.2, 0.25) is 17.7 Å². The predicted molar refractivity (Wildman–Crippen MR) is 89.0 cm³/mol. The van der Waals surface area contributed by atoms with Gasteiger partial charge in [0.1, 0.15) is 0 Å². The standard InChI is InChI=1S/C17H24N4O3/c1-11(2)20-15(23)6-8-19-17(24)14-10-21(12(3)22)9-13-5-4-7-18-16(13)14/h4-5,7,11,14H,6,8-10H2,1-3H3,(H,19,24)(H,20,23). The maximum Gasteiger partial charge on any atom is 0.230 e. The van der Waals surface area contributed by atoms with Gasteiger partial charge in [0, 0.05) is 45.2 Å². The van der Waals surface area contributed by atoms with E-state index in [0.29, 0.717) is 18.8 Å². The predicted octanol–water partition coefficient (Wildman–Crippen LogP) is 0.558. The van der Waals surface area contributed by atoms with E-state index in [1.807, 2.05) is 19.9 Å². The first-order chi connectivity index (χ1) is 11.4. The molecular weight excluding hydrogens is 308 g/mol. The molecule has 0 radical (unpaired) electrons. The third kappa shape index (κ3) is 4.53. The van der Waals surface area contributed by atoms with Gasteiger partial charge >= 0.3 is 0 Å². The molecule has 0 spiro atoms. The number of pyridine rings is 1. The fraction of sp³-hybridized carbons (Fsp3) is 0.529. The molecule has 0 fully saturated rings. The Bertz CT molecular complexity index is 630. The normalized spacial score (nSPS) is 16.5. The lowest BCUT2D eigenvalue weighted by Gasteiger charge is -2.32. The second-order valence-corrected chi connectivity index (χ2v) is 6.26. The second kappa shape index (κ2) is 7.90. The third-order valence-electron chi connectivity index (χ3n) is 3.88. The number of hydrogen-bond acceptors (Lipinski definition) is 4. The summed E-state index contributed by atoms with van der Waals surface area (Å²) in [6.07, 6.45) is 1.88. The zero-order chi connectivity index (χ0) is 17.7. The number of amides is 3. The van der Waals surface area contributed by atoms with Crippen LogP contribution in [0.15, 0.2) is 18.3 Å². The molecule has 1 aliphatic heterocycles. The lowest BCUT2D eigenvalue weighted by molar-refractivity contribution is -0.131. The van der Waals surface area contributed by atoms with E-state index in [9.17, 15) is 14.4 Å². The molecule has 2 heterocycles. The Morgan fingerprint density at radius 1 is 1.38 bits per heavy atom. The van der Waals surface area contributed by atoms with Gasteiger partial charge in [-0.25, -0.2) is 0 Å². The quantitative estimate of drug-likeness (QED) is 0.824. The molecule has 1 aromatic heterocycles. The lowest BCUT2D eigenvalue weighted by Crippen LogP contribution is -2.44. The molecule has 0 aliphatic carbocycles. The maximum atomic E-state index is 12.5. The third-order valence-corrected chi connectivity index (χ3v) is 3.88. The minimum absolute atomic E-state index is 0.0707. The van der Waals surface area contributed by atoms with E-state index in [4.69, 9.17) is 0 Å². The van der Waals surface area contributed by atoms with Crippen LogP contribution in [0, 0.1) is 0 Å². The molecule has 2 rings (SSSR count). The fourth-order valence-electron chi connectivity index (χ4n) is 2.74. The topological polar surface area (TPSA) is 91.4 Å². The second-order valence-electron chi connectivity index (χ2n) is 6.26. The summed E-state index contributed by atoms with van der Waals surface area (Å²) in [6, 6.07) is 3.76. The molecule has 3 amide bonds. The lowest BCUT2D eigenvalue weighted by atomic mass is 9.94. The Morgan fingerprint density at radius 2 is 2.12 bits per heavy atom. The van der Waals surface area contributed by atoms with Gasteiger partial charge in [-0.1, -0.05) is 6.07 Å². The minimum Gasteiger partial charge on any atom is -0.355 e. The largest absolute Gasteiger partial charge is 0.355 e. The number of aromatic nitrogens is 1. The molecule has 1 aromatic rings. The van der Waals surface area contributed by atoms with Gasteiger partial charge in [-0.2, -0.15) is 0 Å². The van der Waals surface area contributed by atoms with Crippen LogP contribution in [0.4, 0.5) is 0 Å². The monoisotopic (exact) mass is 332 g/mol. The fourth-order valence-corrected chi connectivity index (χ4v) is 2.74. The summed E-state index contributed by atoms with van der Waals surface area (Å²) >= 11 is 0. The van der Waals surface area contributed by atoms with Crippen LogP contribution < -0.4 is 10.6 Å². The number of hydrogen-bond donors (Lipinski definition) is 2. The first-order valence-corrected chi connectivity index (χ1v) is 8.15. The van der Waals surface area contributed by atoms with Crippen molar-refractivity contribution in [2.24, 2.45) is 0 Å². The van der Waals surface area contributed by atoms with E-state index in [1.54, 1.807) is 17.2 Å². The summed E-state index contributed by atoms with van der Waals surface area (Å²) in [6.45, 7) is 6.31. The van der Waals surface area contributed by atoms with Gasteiger partial charge in [-0.05, 0) is 25.5 Å². The highest BCUT2D eigenvalue weighted by molar-refractivity contribution is 5.86. The van der Waals surface area contributed by atoms with Gasteiger partial charge < -0.3 is 15.5 Å². The van der Waals surface area contributed by atoms with Crippen molar-refractivity contribution >= 4 is 17.7 Å². The molecule has 0 bridgehead atoms. The Morgan fingerprint density at radius 3 is 2.79 bits per heavy atom. The smallest absolute Gasteiger partial charge is 0.230 e. The first kappa shape index (κ1) is 17.9. The number of rotatable bonds is 5. The van der Waals surface area contributed by atoms with E-state index < -0.39 is 5.92 Å². The van der Waals surface area contributed by atoms with Crippen LogP contribution in [-0.2, 0) is 20.9 Å². The molecular formula is C17H24N4O3. The van der Waals surface area contributed by atoms with Crippen molar-refractivity contribution in [3.63, 3.8) is 0 Å². The minimum atomic E-state index is -0.507. The summed E-state index contributed by atoms with van der Waals surface area (Å²) in [5.41, 5.74) is 1.59. The Kier molecular flexibility index (Phi) is 5.89. The molecule has 7 heteroatoms. The Hall–Kier alpha value is -2.44. The van der Waals surface area contributed by atoms with E-state index in [0.717, 1.165) is 5.56 Å². The van der Waals surface area contributed by atoms with Crippen molar-refractivity contribution in [1.82, 2.24) is 20.5 Å². The Labute approximate surface area is 141 Å². The highest BCUT2D eigenvalue weighted by atomic mass is 16.2. The van der Waals surface area contributed by atoms with Crippen molar-refractivity contribution in [3.05, 3.63) is 29.6 Å². The summed E-state index contributed by atoms with van der Waals surface area (Å²) < 4.78 is 0. The van der Waals surface area contributed by atoms with Crippen LogP contribution in [0.1, 0.15) is 44.4 Å². The number of fused-ring (bicyclic) bond motifs is 1. The van der Waals surface area contributed by atoms with Crippen LogP contribution >= 0.6 is 0 Å². The van der Waals surface area contributed by atoms with E-state index in [2.05, 4.69) is 15.6 Å². The molecule has 7 nitrogen and oxygen atoms in total. The van der Waals surface area contributed by atoms with Crippen molar-refractivity contribution in [2.45, 2.75) is 45.7 Å². The molecule has 1 atom stereocenters. The summed E-state index contributed by atoms with van der Waals surface area (Å²) in [7, 11) is 0. The zero-order valence-corrected chi connectivity index (χ0v) is 14.3. The number of carbonyl (C=O) groups excluding carboxylic acids is 3. The highest BCUT2D eigenvalue weighted by Gasteiger charge is 2.32. The average molecular weight is 332 g/mol. The van der Waals surface area contributed by atoms with Crippen molar-refractivity contribution < 1.29 is 14.4 Å². The summed E-state index contributed by atoms with van der Waals surface area (Å²) in [5, 5.41) is 5.56. The first-order valence-electron chi connectivity index (χ1n) is 8.15. The molecule has 1 aliphatic rings. The van der Waals surface area contributed by atoms with Gasteiger partial charge in [-0.15, -0.1) is 0 Å². The van der Waals surface area contributed by atoms with Crippen LogP contribution in [0.3, 0.4) is 0 Å². The molecule has 130 valence electrons. The van der Waals surface area contributed by atoms with Crippen molar-refractivity contribution in [3.8, 4) is 0 Å². The molecule has 0 saturated heterocycles. The van der Waals surface area contributed by atoms with Crippen molar-refractivity contribution in [2.75, 3.05) is 13.1 Å². The molecule has 1 unspecified atom stereocenters. The number of nitrogens with zero attached hydrogens (tertiary/aromatic N) is 2. The molecule has 0 aromatic carbocycles. The van der Waals surface area contributed by atoms with Gasteiger partial charge in [-0.3, -0.25) is 19.4 Å². The van der Waals surface area contributed by atoms with Gasteiger partial charge in [0.15, 0.2) is 0 Å². The Balaban J connectivity index is 2.00. The van der Waals surface area contributed by atoms with Gasteiger partial charge in [0.25, 0.3) is 0 Å². The van der Waals surface area contributed by atoms with Gasteiger partial charge in [0.05, 0.1) is 11.6 Å². The number of carbonyl (C=O) groups is 3.